The fourth-order valence-corrected chi connectivity index (χ4v) is 2.91. The van der Waals surface area contributed by atoms with Gasteiger partial charge in [-0.25, -0.2) is 0 Å². The quantitative estimate of drug-likeness (QED) is 0.877. The second-order valence-electron chi connectivity index (χ2n) is 5.92. The van der Waals surface area contributed by atoms with E-state index in [-0.39, 0.29) is 12.1 Å². The average Bonchev–Trinajstić information content (AvgIpc) is 2.82. The van der Waals surface area contributed by atoms with Crippen LogP contribution in [0.25, 0.3) is 0 Å². The molecule has 1 saturated heterocycles. The third-order valence-corrected chi connectivity index (χ3v) is 4.20. The summed E-state index contributed by atoms with van der Waals surface area (Å²) in [6.07, 6.45) is 5.27. The maximum absolute atomic E-state index is 10.2. The summed E-state index contributed by atoms with van der Waals surface area (Å²) in [7, 11) is 0. The van der Waals surface area contributed by atoms with Crippen LogP contribution in [0.2, 0.25) is 0 Å². The fraction of sp³-hybridized carbons (Fsp3) is 0.733. The normalized spacial score (nSPS) is 28.8. The highest BCUT2D eigenvalue weighted by atomic mass is 16.3. The number of furan rings is 1. The van der Waals surface area contributed by atoms with Gasteiger partial charge >= 0.3 is 0 Å². The lowest BCUT2D eigenvalue weighted by Crippen LogP contribution is -2.41. The van der Waals surface area contributed by atoms with E-state index < -0.39 is 5.60 Å². The molecule has 1 aliphatic rings. The van der Waals surface area contributed by atoms with E-state index >= 15 is 0 Å². The smallest absolute Gasteiger partial charge is 0.122 e. The maximum atomic E-state index is 10.2. The number of nitrogens with zero attached hydrogens (tertiary/aromatic N) is 1. The Hall–Kier alpha value is -0.840. The van der Waals surface area contributed by atoms with Gasteiger partial charge in [0.05, 0.1) is 17.9 Å². The maximum Gasteiger partial charge on any atom is 0.122 e. The van der Waals surface area contributed by atoms with Gasteiger partial charge in [0.25, 0.3) is 0 Å². The molecule has 4 heteroatoms. The molecule has 19 heavy (non-hydrogen) atoms. The lowest BCUT2D eigenvalue weighted by atomic mass is 9.98. The van der Waals surface area contributed by atoms with Crippen molar-refractivity contribution in [2.75, 3.05) is 13.1 Å². The number of hydrogen-bond acceptors (Lipinski definition) is 4. The van der Waals surface area contributed by atoms with E-state index in [0.29, 0.717) is 0 Å². The highest BCUT2D eigenvalue weighted by molar-refractivity contribution is 5.08. The van der Waals surface area contributed by atoms with Crippen molar-refractivity contribution < 1.29 is 9.52 Å². The second kappa shape index (κ2) is 6.07. The Morgan fingerprint density at radius 2 is 2.26 bits per heavy atom. The van der Waals surface area contributed by atoms with Gasteiger partial charge in [-0.05, 0) is 51.3 Å². The van der Waals surface area contributed by atoms with Gasteiger partial charge in [-0.15, -0.1) is 0 Å². The Labute approximate surface area is 115 Å². The van der Waals surface area contributed by atoms with Crippen LogP contribution < -0.4 is 5.73 Å². The van der Waals surface area contributed by atoms with Crippen LogP contribution in [0, 0.1) is 0 Å². The molecule has 1 aliphatic heterocycles. The second-order valence-corrected chi connectivity index (χ2v) is 5.92. The molecule has 1 fully saturated rings. The zero-order valence-corrected chi connectivity index (χ0v) is 12.0. The van der Waals surface area contributed by atoms with E-state index in [0.717, 1.165) is 44.5 Å². The molecular formula is C15H26N2O2. The SMILES string of the molecule is CCC(N)C(c1ccco1)N1CCCC(C)(O)CC1. The van der Waals surface area contributed by atoms with Crippen molar-refractivity contribution in [3.05, 3.63) is 24.2 Å². The molecule has 108 valence electrons. The van der Waals surface area contributed by atoms with E-state index in [1.807, 2.05) is 19.1 Å². The van der Waals surface area contributed by atoms with Crippen LogP contribution in [0.15, 0.2) is 22.8 Å². The predicted molar refractivity (Wildman–Crippen MR) is 75.8 cm³/mol. The minimum absolute atomic E-state index is 0.0641. The summed E-state index contributed by atoms with van der Waals surface area (Å²) < 4.78 is 5.58. The van der Waals surface area contributed by atoms with E-state index in [1.165, 1.54) is 0 Å². The highest BCUT2D eigenvalue weighted by Gasteiger charge is 2.32. The van der Waals surface area contributed by atoms with Gasteiger partial charge in [0.1, 0.15) is 5.76 Å². The Balaban J connectivity index is 2.14. The van der Waals surface area contributed by atoms with Gasteiger partial charge in [0.15, 0.2) is 0 Å². The fourth-order valence-electron chi connectivity index (χ4n) is 2.91. The van der Waals surface area contributed by atoms with Crippen LogP contribution in [0.3, 0.4) is 0 Å². The number of likely N-dealkylation sites (tertiary alicyclic amines) is 1. The first-order chi connectivity index (χ1) is 9.03. The molecule has 3 atom stereocenters. The van der Waals surface area contributed by atoms with Crippen LogP contribution in [0.1, 0.15) is 51.3 Å². The van der Waals surface area contributed by atoms with Crippen LogP contribution in [0.4, 0.5) is 0 Å². The molecule has 1 aromatic rings. The van der Waals surface area contributed by atoms with Gasteiger partial charge in [0.2, 0.25) is 0 Å². The Morgan fingerprint density at radius 1 is 1.47 bits per heavy atom. The molecule has 0 amide bonds. The van der Waals surface area contributed by atoms with Gasteiger partial charge in [-0.3, -0.25) is 4.90 Å². The molecule has 2 rings (SSSR count). The Bertz CT molecular complexity index is 376. The lowest BCUT2D eigenvalue weighted by Gasteiger charge is -2.33. The lowest BCUT2D eigenvalue weighted by molar-refractivity contribution is 0.0414. The highest BCUT2D eigenvalue weighted by Crippen LogP contribution is 2.30. The summed E-state index contributed by atoms with van der Waals surface area (Å²) in [6, 6.07) is 4.10. The van der Waals surface area contributed by atoms with E-state index in [1.54, 1.807) is 6.26 Å². The van der Waals surface area contributed by atoms with Crippen molar-refractivity contribution in [3.63, 3.8) is 0 Å². The van der Waals surface area contributed by atoms with Crippen molar-refractivity contribution in [2.24, 2.45) is 5.73 Å². The molecule has 3 unspecified atom stereocenters. The molecule has 2 heterocycles. The van der Waals surface area contributed by atoms with Crippen molar-refractivity contribution in [2.45, 2.75) is 57.2 Å². The third kappa shape index (κ3) is 3.59. The number of hydrogen-bond donors (Lipinski definition) is 2. The van der Waals surface area contributed by atoms with Gasteiger partial charge < -0.3 is 15.3 Å². The largest absolute Gasteiger partial charge is 0.468 e. The molecule has 0 radical (unpaired) electrons. The van der Waals surface area contributed by atoms with E-state index in [4.69, 9.17) is 10.2 Å². The minimum atomic E-state index is -0.543. The van der Waals surface area contributed by atoms with Crippen molar-refractivity contribution in [1.29, 1.82) is 0 Å². The number of nitrogens with two attached hydrogens (primary N) is 1. The summed E-state index contributed by atoms with van der Waals surface area (Å²) >= 11 is 0. The summed E-state index contributed by atoms with van der Waals surface area (Å²) in [6.45, 7) is 5.87. The molecule has 0 spiro atoms. The first-order valence-corrected chi connectivity index (χ1v) is 7.29. The monoisotopic (exact) mass is 266 g/mol. The number of aliphatic hydroxyl groups is 1. The van der Waals surface area contributed by atoms with Crippen LogP contribution in [-0.2, 0) is 0 Å². The molecule has 0 aliphatic carbocycles. The zero-order valence-electron chi connectivity index (χ0n) is 12.0. The summed E-state index contributed by atoms with van der Waals surface area (Å²) in [4.78, 5) is 2.37. The average molecular weight is 266 g/mol. The molecule has 1 aromatic heterocycles. The van der Waals surface area contributed by atoms with Crippen LogP contribution in [-0.4, -0.2) is 34.7 Å². The van der Waals surface area contributed by atoms with Gasteiger partial charge in [-0.1, -0.05) is 6.92 Å². The van der Waals surface area contributed by atoms with Crippen molar-refractivity contribution >= 4 is 0 Å². The van der Waals surface area contributed by atoms with E-state index in [2.05, 4.69) is 11.8 Å². The molecule has 4 nitrogen and oxygen atoms in total. The first-order valence-electron chi connectivity index (χ1n) is 7.29. The van der Waals surface area contributed by atoms with Crippen molar-refractivity contribution in [3.8, 4) is 0 Å². The number of rotatable bonds is 4. The first kappa shape index (κ1) is 14.6. The third-order valence-electron chi connectivity index (χ3n) is 4.20. The topological polar surface area (TPSA) is 62.6 Å². The molecule has 0 bridgehead atoms. The molecular weight excluding hydrogens is 240 g/mol. The predicted octanol–water partition coefficient (Wildman–Crippen LogP) is 2.29. The molecule has 3 N–H and O–H groups in total. The zero-order chi connectivity index (χ0) is 13.9. The Kier molecular flexibility index (Phi) is 4.66. The summed E-state index contributed by atoms with van der Waals surface area (Å²) in [5, 5.41) is 10.2. The Morgan fingerprint density at radius 3 is 2.89 bits per heavy atom. The molecule has 0 aromatic carbocycles. The van der Waals surface area contributed by atoms with Crippen LogP contribution in [0.5, 0.6) is 0 Å². The summed E-state index contributed by atoms with van der Waals surface area (Å²) in [5.74, 6) is 0.941. The summed E-state index contributed by atoms with van der Waals surface area (Å²) in [5.41, 5.74) is 5.75. The van der Waals surface area contributed by atoms with Gasteiger partial charge in [0, 0.05) is 12.6 Å². The van der Waals surface area contributed by atoms with E-state index in [9.17, 15) is 5.11 Å². The minimum Gasteiger partial charge on any atom is -0.468 e. The van der Waals surface area contributed by atoms with Gasteiger partial charge in [-0.2, -0.15) is 0 Å². The van der Waals surface area contributed by atoms with Crippen molar-refractivity contribution in [1.82, 2.24) is 4.90 Å². The molecule has 0 saturated carbocycles. The van der Waals surface area contributed by atoms with Crippen LogP contribution >= 0.6 is 0 Å². The standard InChI is InChI=1S/C15H26N2O2/c1-3-12(16)14(13-6-4-11-19-13)17-9-5-7-15(2,18)8-10-17/h4,6,11-12,14,18H,3,5,7-10,16H2,1-2H3.